The lowest BCUT2D eigenvalue weighted by Crippen LogP contribution is -2.33. The topological polar surface area (TPSA) is 118 Å². The number of amidine groups is 1. The minimum absolute atomic E-state index is 0.185. The van der Waals surface area contributed by atoms with Gasteiger partial charge in [-0.2, -0.15) is 4.98 Å². The van der Waals surface area contributed by atoms with Gasteiger partial charge in [0.15, 0.2) is 5.16 Å². The van der Waals surface area contributed by atoms with Crippen LogP contribution in [-0.4, -0.2) is 26.4 Å². The Balaban J connectivity index is 2.47. The summed E-state index contributed by atoms with van der Waals surface area (Å²) in [6.45, 7) is 0. The van der Waals surface area contributed by atoms with Crippen LogP contribution in [0.5, 0.6) is 0 Å². The molecule has 94 valence electrons. The van der Waals surface area contributed by atoms with Crippen LogP contribution in [0, 0.1) is 5.41 Å². The summed E-state index contributed by atoms with van der Waals surface area (Å²) in [5.74, 6) is 0.948. The predicted octanol–water partition coefficient (Wildman–Crippen LogP) is -0.333. The van der Waals surface area contributed by atoms with E-state index in [9.17, 15) is 9.59 Å². The molecule has 0 radical (unpaired) electrons. The molecule has 0 aliphatic rings. The lowest BCUT2D eigenvalue weighted by molar-refractivity contribution is 0.596. The first-order valence-corrected chi connectivity index (χ1v) is 6.12. The van der Waals surface area contributed by atoms with E-state index in [0.29, 0.717) is 11.6 Å². The first-order chi connectivity index (χ1) is 8.00. The molecule has 0 bridgehead atoms. The van der Waals surface area contributed by atoms with E-state index in [-0.39, 0.29) is 5.84 Å². The lowest BCUT2D eigenvalue weighted by atomic mass is 10.2. The highest BCUT2D eigenvalue weighted by molar-refractivity contribution is 7.99. The van der Waals surface area contributed by atoms with E-state index in [1.165, 1.54) is 16.4 Å². The van der Waals surface area contributed by atoms with Crippen molar-refractivity contribution in [2.45, 2.75) is 24.4 Å². The van der Waals surface area contributed by atoms with Crippen LogP contribution in [0.4, 0.5) is 0 Å². The third kappa shape index (κ3) is 4.43. The first-order valence-electron chi connectivity index (χ1n) is 5.13. The maximum Gasteiger partial charge on any atom is 0.339 e. The molecule has 17 heavy (non-hydrogen) atoms. The molecule has 1 heterocycles. The van der Waals surface area contributed by atoms with Gasteiger partial charge in [-0.15, -0.1) is 0 Å². The van der Waals surface area contributed by atoms with Gasteiger partial charge in [-0.25, -0.2) is 0 Å². The summed E-state index contributed by atoms with van der Waals surface area (Å²) in [4.78, 5) is 25.7. The molecule has 4 N–H and O–H groups in total. The van der Waals surface area contributed by atoms with E-state index in [1.54, 1.807) is 7.05 Å². The molecule has 8 heteroatoms. The van der Waals surface area contributed by atoms with Gasteiger partial charge in [-0.1, -0.05) is 11.8 Å². The number of aryl methyl sites for hydroxylation is 1. The zero-order valence-corrected chi connectivity index (χ0v) is 10.3. The van der Waals surface area contributed by atoms with Gasteiger partial charge in [0.25, 0.3) is 0 Å². The van der Waals surface area contributed by atoms with E-state index in [0.717, 1.165) is 18.6 Å². The number of aromatic nitrogens is 3. The van der Waals surface area contributed by atoms with Crippen LogP contribution in [0.1, 0.15) is 19.3 Å². The highest BCUT2D eigenvalue weighted by atomic mass is 32.2. The molecule has 0 spiro atoms. The molecule has 0 saturated heterocycles. The Labute approximate surface area is 102 Å². The fourth-order valence-corrected chi connectivity index (χ4v) is 2.09. The van der Waals surface area contributed by atoms with Gasteiger partial charge >= 0.3 is 11.1 Å². The number of thioether (sulfide) groups is 1. The van der Waals surface area contributed by atoms with E-state index in [4.69, 9.17) is 11.1 Å². The average Bonchev–Trinajstić information content (AvgIpc) is 2.24. The molecule has 1 rings (SSSR count). The minimum Gasteiger partial charge on any atom is -0.388 e. The molecule has 0 aliphatic carbocycles. The molecule has 0 saturated carbocycles. The summed E-state index contributed by atoms with van der Waals surface area (Å²) in [7, 11) is 1.63. The maximum atomic E-state index is 11.0. The standard InChI is InChI=1S/C9H15N5O2S/c1-14-9(12-7(15)8(16)13-14)17-5-3-2-4-6(10)11/h2-5H2,1H3,(H3,10,11)(H,13,16). The molecule has 1 aromatic heterocycles. The van der Waals surface area contributed by atoms with Gasteiger partial charge in [0.1, 0.15) is 0 Å². The molecule has 7 nitrogen and oxygen atoms in total. The minimum atomic E-state index is -0.769. The van der Waals surface area contributed by atoms with Crippen molar-refractivity contribution >= 4 is 17.6 Å². The monoisotopic (exact) mass is 257 g/mol. The van der Waals surface area contributed by atoms with Gasteiger partial charge in [0, 0.05) is 19.2 Å². The Morgan fingerprint density at radius 1 is 1.53 bits per heavy atom. The summed E-state index contributed by atoms with van der Waals surface area (Å²) in [5, 5.41) is 9.91. The maximum absolute atomic E-state index is 11.0. The van der Waals surface area contributed by atoms with Crippen LogP contribution in [0.15, 0.2) is 14.7 Å². The number of rotatable bonds is 6. The molecule has 0 unspecified atom stereocenters. The summed E-state index contributed by atoms with van der Waals surface area (Å²) in [6.07, 6.45) is 2.29. The quantitative estimate of drug-likeness (QED) is 0.212. The molecular weight excluding hydrogens is 242 g/mol. The average molecular weight is 257 g/mol. The lowest BCUT2D eigenvalue weighted by Gasteiger charge is -2.05. The molecule has 0 aliphatic heterocycles. The third-order valence-electron chi connectivity index (χ3n) is 2.02. The summed E-state index contributed by atoms with van der Waals surface area (Å²) >= 11 is 1.39. The molecule has 0 aromatic carbocycles. The second kappa shape index (κ2) is 6.24. The molecule has 0 atom stereocenters. The largest absolute Gasteiger partial charge is 0.388 e. The van der Waals surface area contributed by atoms with Crippen molar-refractivity contribution in [3.8, 4) is 0 Å². The molecule has 0 fully saturated rings. The third-order valence-corrected chi connectivity index (χ3v) is 3.14. The van der Waals surface area contributed by atoms with Crippen molar-refractivity contribution in [2.75, 3.05) is 5.75 Å². The normalized spacial score (nSPS) is 10.4. The zero-order valence-electron chi connectivity index (χ0n) is 9.52. The number of hydrogen-bond acceptors (Lipinski definition) is 5. The van der Waals surface area contributed by atoms with Gasteiger partial charge in [-0.05, 0) is 12.8 Å². The van der Waals surface area contributed by atoms with Crippen molar-refractivity contribution in [2.24, 2.45) is 12.8 Å². The Kier molecular flexibility index (Phi) is 4.95. The Hall–Kier alpha value is -1.57. The molecule has 1 aromatic rings. The summed E-state index contributed by atoms with van der Waals surface area (Å²) < 4.78 is 1.43. The summed E-state index contributed by atoms with van der Waals surface area (Å²) in [5.41, 5.74) is 3.74. The Morgan fingerprint density at radius 3 is 2.88 bits per heavy atom. The fourth-order valence-electron chi connectivity index (χ4n) is 1.17. The van der Waals surface area contributed by atoms with Crippen molar-refractivity contribution in [3.63, 3.8) is 0 Å². The van der Waals surface area contributed by atoms with Crippen LogP contribution in [0.2, 0.25) is 0 Å². The highest BCUT2D eigenvalue weighted by Crippen LogP contribution is 2.13. The number of aromatic amines is 1. The van der Waals surface area contributed by atoms with Crippen LogP contribution < -0.4 is 16.9 Å². The number of H-pyrrole nitrogens is 1. The number of nitrogens with zero attached hydrogens (tertiary/aromatic N) is 2. The second-order valence-electron chi connectivity index (χ2n) is 3.53. The van der Waals surface area contributed by atoms with Crippen LogP contribution in [0.25, 0.3) is 0 Å². The molecular formula is C9H15N5O2S. The highest BCUT2D eigenvalue weighted by Gasteiger charge is 2.03. The van der Waals surface area contributed by atoms with Crippen molar-refractivity contribution < 1.29 is 0 Å². The number of unbranched alkanes of at least 4 members (excludes halogenated alkanes) is 1. The predicted molar refractivity (Wildman–Crippen MR) is 66.6 cm³/mol. The summed E-state index contributed by atoms with van der Waals surface area (Å²) in [6, 6.07) is 0. The SMILES string of the molecule is Cn1[nH]c(=O)c(=O)nc1SCCCCC(=N)N. The Bertz CT molecular complexity index is 507. The zero-order chi connectivity index (χ0) is 12.8. The number of nitrogens with one attached hydrogen (secondary N) is 2. The molecule has 0 amide bonds. The van der Waals surface area contributed by atoms with Gasteiger partial charge < -0.3 is 5.73 Å². The van der Waals surface area contributed by atoms with Crippen LogP contribution in [0.3, 0.4) is 0 Å². The van der Waals surface area contributed by atoms with Gasteiger partial charge in [0.05, 0.1) is 5.84 Å². The number of hydrogen-bond donors (Lipinski definition) is 3. The first kappa shape index (κ1) is 13.5. The van der Waals surface area contributed by atoms with Crippen molar-refractivity contribution in [1.29, 1.82) is 5.41 Å². The second-order valence-corrected chi connectivity index (χ2v) is 4.59. The van der Waals surface area contributed by atoms with Gasteiger partial charge in [0.2, 0.25) is 0 Å². The van der Waals surface area contributed by atoms with E-state index in [1.807, 2.05) is 0 Å². The van der Waals surface area contributed by atoms with Gasteiger partial charge in [-0.3, -0.25) is 24.8 Å². The van der Waals surface area contributed by atoms with Crippen molar-refractivity contribution in [3.05, 3.63) is 20.7 Å². The van der Waals surface area contributed by atoms with E-state index < -0.39 is 11.1 Å². The van der Waals surface area contributed by atoms with Crippen LogP contribution >= 0.6 is 11.8 Å². The fraction of sp³-hybridized carbons (Fsp3) is 0.556. The van der Waals surface area contributed by atoms with Crippen molar-refractivity contribution in [1.82, 2.24) is 14.8 Å². The van der Waals surface area contributed by atoms with E-state index in [2.05, 4.69) is 10.1 Å². The Morgan fingerprint density at radius 2 is 2.24 bits per heavy atom. The smallest absolute Gasteiger partial charge is 0.339 e. The van der Waals surface area contributed by atoms with Crippen LogP contribution in [-0.2, 0) is 7.05 Å². The van der Waals surface area contributed by atoms with E-state index >= 15 is 0 Å². The number of nitrogens with two attached hydrogens (primary N) is 1.